The number of carbonyl (C=O) groups is 1. The molecule has 0 aromatic carbocycles. The SMILES string of the molecule is Cc1[nH]c(=O)[nH]c(=O)c1/C=N\NC(=O)[C@H](C)N. The molecule has 5 N–H and O–H groups in total. The van der Waals surface area contributed by atoms with Crippen molar-refractivity contribution in [2.45, 2.75) is 19.9 Å². The van der Waals surface area contributed by atoms with Crippen molar-refractivity contribution in [1.29, 1.82) is 0 Å². The van der Waals surface area contributed by atoms with Gasteiger partial charge in [0.1, 0.15) is 0 Å². The molecule has 0 saturated heterocycles. The minimum absolute atomic E-state index is 0.162. The molecule has 0 aliphatic heterocycles. The maximum absolute atomic E-state index is 11.4. The number of hydrazone groups is 1. The van der Waals surface area contributed by atoms with Crippen LogP contribution in [0.4, 0.5) is 0 Å². The number of aromatic amines is 2. The summed E-state index contributed by atoms with van der Waals surface area (Å²) in [5, 5.41) is 3.57. The Bertz CT molecular complexity index is 554. The van der Waals surface area contributed by atoms with Gasteiger partial charge in [-0.15, -0.1) is 0 Å². The largest absolute Gasteiger partial charge is 0.325 e. The number of hydrogen-bond donors (Lipinski definition) is 4. The molecule has 1 aromatic heterocycles. The number of amides is 1. The van der Waals surface area contributed by atoms with Gasteiger partial charge in [-0.05, 0) is 13.8 Å². The highest BCUT2D eigenvalue weighted by atomic mass is 16.2. The van der Waals surface area contributed by atoms with Crippen molar-refractivity contribution in [2.24, 2.45) is 10.8 Å². The average molecular weight is 239 g/mol. The van der Waals surface area contributed by atoms with Crippen molar-refractivity contribution in [3.05, 3.63) is 32.1 Å². The van der Waals surface area contributed by atoms with Crippen molar-refractivity contribution in [3.8, 4) is 0 Å². The van der Waals surface area contributed by atoms with Crippen molar-refractivity contribution < 1.29 is 4.79 Å². The van der Waals surface area contributed by atoms with Gasteiger partial charge in [0, 0.05) is 5.69 Å². The fourth-order valence-corrected chi connectivity index (χ4v) is 1.03. The molecule has 0 radical (unpaired) electrons. The molecule has 1 rings (SSSR count). The summed E-state index contributed by atoms with van der Waals surface area (Å²) in [6.07, 6.45) is 1.14. The first-order valence-electron chi connectivity index (χ1n) is 4.83. The Morgan fingerprint density at radius 1 is 1.47 bits per heavy atom. The van der Waals surface area contributed by atoms with E-state index in [-0.39, 0.29) is 5.56 Å². The van der Waals surface area contributed by atoms with E-state index in [1.807, 2.05) is 4.98 Å². The molecule has 0 aliphatic carbocycles. The van der Waals surface area contributed by atoms with Crippen LogP contribution in [0.2, 0.25) is 0 Å². The molecule has 1 amide bonds. The first kappa shape index (κ1) is 12.8. The van der Waals surface area contributed by atoms with Crippen LogP contribution in [0.1, 0.15) is 18.2 Å². The minimum Gasteiger partial charge on any atom is -0.320 e. The molecule has 92 valence electrons. The molecule has 0 aliphatic rings. The zero-order valence-corrected chi connectivity index (χ0v) is 9.40. The van der Waals surface area contributed by atoms with Gasteiger partial charge >= 0.3 is 5.69 Å². The van der Waals surface area contributed by atoms with Gasteiger partial charge in [0.15, 0.2) is 0 Å². The lowest BCUT2D eigenvalue weighted by Gasteiger charge is -2.02. The number of aryl methyl sites for hydroxylation is 1. The number of nitrogens with zero attached hydrogens (tertiary/aromatic N) is 1. The first-order chi connectivity index (χ1) is 7.91. The maximum Gasteiger partial charge on any atom is 0.325 e. The molecule has 1 atom stereocenters. The highest BCUT2D eigenvalue weighted by molar-refractivity contribution is 5.84. The van der Waals surface area contributed by atoms with Gasteiger partial charge in [-0.25, -0.2) is 10.2 Å². The van der Waals surface area contributed by atoms with Crippen LogP contribution < -0.4 is 22.4 Å². The van der Waals surface area contributed by atoms with E-state index in [9.17, 15) is 14.4 Å². The highest BCUT2D eigenvalue weighted by Crippen LogP contribution is 1.89. The Labute approximate surface area is 95.9 Å². The third-order valence-corrected chi connectivity index (χ3v) is 1.96. The lowest BCUT2D eigenvalue weighted by molar-refractivity contribution is -0.121. The lowest BCUT2D eigenvalue weighted by Crippen LogP contribution is -2.35. The van der Waals surface area contributed by atoms with Crippen molar-refractivity contribution in [2.75, 3.05) is 0 Å². The number of carbonyl (C=O) groups excluding carboxylic acids is 1. The fraction of sp³-hybridized carbons (Fsp3) is 0.333. The lowest BCUT2D eigenvalue weighted by atomic mass is 10.2. The monoisotopic (exact) mass is 239 g/mol. The Kier molecular flexibility index (Phi) is 3.94. The maximum atomic E-state index is 11.4. The molecular formula is C9H13N5O3. The van der Waals surface area contributed by atoms with E-state index < -0.39 is 23.2 Å². The number of nitrogens with two attached hydrogens (primary N) is 1. The Morgan fingerprint density at radius 2 is 2.12 bits per heavy atom. The number of rotatable bonds is 3. The molecule has 0 bridgehead atoms. The van der Waals surface area contributed by atoms with E-state index in [1.54, 1.807) is 6.92 Å². The van der Waals surface area contributed by atoms with Crippen LogP contribution in [0.3, 0.4) is 0 Å². The standard InChI is InChI=1S/C9H13N5O3/c1-4(10)7(15)14-11-3-6-5(2)12-9(17)13-8(6)16/h3-4H,10H2,1-2H3,(H,14,15)(H2,12,13,16,17)/b11-3-/t4-/m0/s1. The third-order valence-electron chi connectivity index (χ3n) is 1.96. The first-order valence-corrected chi connectivity index (χ1v) is 4.83. The number of hydrogen-bond acceptors (Lipinski definition) is 5. The average Bonchev–Trinajstić information content (AvgIpc) is 2.21. The molecule has 8 heteroatoms. The molecule has 0 spiro atoms. The van der Waals surface area contributed by atoms with Gasteiger partial charge in [-0.3, -0.25) is 14.6 Å². The summed E-state index contributed by atoms with van der Waals surface area (Å²) in [6, 6.07) is -0.692. The van der Waals surface area contributed by atoms with Gasteiger partial charge in [-0.1, -0.05) is 0 Å². The normalized spacial score (nSPS) is 12.6. The molecule has 0 unspecified atom stereocenters. The topological polar surface area (TPSA) is 133 Å². The molecule has 0 fully saturated rings. The van der Waals surface area contributed by atoms with Crippen molar-refractivity contribution in [1.82, 2.24) is 15.4 Å². The summed E-state index contributed by atoms with van der Waals surface area (Å²) in [5.41, 5.74) is 6.80. The van der Waals surface area contributed by atoms with E-state index in [0.717, 1.165) is 6.21 Å². The van der Waals surface area contributed by atoms with E-state index in [1.165, 1.54) is 6.92 Å². The highest BCUT2D eigenvalue weighted by Gasteiger charge is 2.05. The van der Waals surface area contributed by atoms with Crippen LogP contribution in [0.25, 0.3) is 0 Å². The predicted octanol–water partition coefficient (Wildman–Crippen LogP) is -1.83. The minimum atomic E-state index is -0.692. The summed E-state index contributed by atoms with van der Waals surface area (Å²) in [6.45, 7) is 3.05. The summed E-state index contributed by atoms with van der Waals surface area (Å²) in [5.74, 6) is -0.472. The van der Waals surface area contributed by atoms with Gasteiger partial charge in [0.2, 0.25) is 0 Å². The molecule has 1 aromatic rings. The second-order valence-corrected chi connectivity index (χ2v) is 3.47. The smallest absolute Gasteiger partial charge is 0.320 e. The van der Waals surface area contributed by atoms with Crippen molar-refractivity contribution >= 4 is 12.1 Å². The zero-order chi connectivity index (χ0) is 13.0. The summed E-state index contributed by atoms with van der Waals surface area (Å²) >= 11 is 0. The second-order valence-electron chi connectivity index (χ2n) is 3.47. The van der Waals surface area contributed by atoms with Crippen LogP contribution in [-0.2, 0) is 4.79 Å². The number of H-pyrrole nitrogens is 2. The van der Waals surface area contributed by atoms with Gasteiger partial charge in [-0.2, -0.15) is 5.10 Å². The molecular weight excluding hydrogens is 226 g/mol. The van der Waals surface area contributed by atoms with Crippen molar-refractivity contribution in [3.63, 3.8) is 0 Å². The van der Waals surface area contributed by atoms with Gasteiger partial charge < -0.3 is 10.7 Å². The number of aromatic nitrogens is 2. The summed E-state index contributed by atoms with van der Waals surface area (Å²) in [7, 11) is 0. The van der Waals surface area contributed by atoms with E-state index in [4.69, 9.17) is 5.73 Å². The molecule has 17 heavy (non-hydrogen) atoms. The van der Waals surface area contributed by atoms with Crippen LogP contribution in [0.5, 0.6) is 0 Å². The molecule has 1 heterocycles. The Hall–Kier alpha value is -2.22. The van der Waals surface area contributed by atoms with Crippen LogP contribution in [-0.4, -0.2) is 28.1 Å². The fourth-order valence-electron chi connectivity index (χ4n) is 1.03. The van der Waals surface area contributed by atoms with Crippen LogP contribution >= 0.6 is 0 Å². The van der Waals surface area contributed by atoms with E-state index in [0.29, 0.717) is 5.69 Å². The quantitative estimate of drug-likeness (QED) is 0.364. The summed E-state index contributed by atoms with van der Waals surface area (Å²) < 4.78 is 0. The third kappa shape index (κ3) is 3.38. The van der Waals surface area contributed by atoms with Crippen LogP contribution in [0, 0.1) is 6.92 Å². The molecule has 8 nitrogen and oxygen atoms in total. The Morgan fingerprint density at radius 3 is 2.65 bits per heavy atom. The van der Waals surface area contributed by atoms with E-state index in [2.05, 4.69) is 15.5 Å². The van der Waals surface area contributed by atoms with Gasteiger partial charge in [0.05, 0.1) is 17.8 Å². The number of nitrogens with one attached hydrogen (secondary N) is 3. The molecule has 0 saturated carbocycles. The second kappa shape index (κ2) is 5.21. The van der Waals surface area contributed by atoms with E-state index >= 15 is 0 Å². The van der Waals surface area contributed by atoms with Gasteiger partial charge in [0.25, 0.3) is 11.5 Å². The zero-order valence-electron chi connectivity index (χ0n) is 9.40. The van der Waals surface area contributed by atoms with Crippen LogP contribution in [0.15, 0.2) is 14.7 Å². The Balaban J connectivity index is 2.90. The summed E-state index contributed by atoms with van der Waals surface area (Å²) in [4.78, 5) is 37.8. The predicted molar refractivity (Wildman–Crippen MR) is 61.8 cm³/mol.